The zero-order chi connectivity index (χ0) is 10.4. The molecule has 0 fully saturated rings. The first kappa shape index (κ1) is 14.4. The molecule has 1 aromatic rings. The van der Waals surface area contributed by atoms with Crippen LogP contribution in [0.4, 0.5) is 4.39 Å². The molecule has 0 aliphatic carbocycles. The highest BCUT2D eigenvalue weighted by molar-refractivity contribution is 5.85. The van der Waals surface area contributed by atoms with E-state index in [9.17, 15) is 4.39 Å². The van der Waals surface area contributed by atoms with Crippen LogP contribution in [-0.2, 0) is 0 Å². The van der Waals surface area contributed by atoms with Crippen LogP contribution in [0.25, 0.3) is 0 Å². The van der Waals surface area contributed by atoms with Crippen molar-refractivity contribution < 1.29 is 4.39 Å². The monoisotopic (exact) mass is 232 g/mol. The van der Waals surface area contributed by atoms with Gasteiger partial charge in [0.1, 0.15) is 5.82 Å². The van der Waals surface area contributed by atoms with Gasteiger partial charge in [0.25, 0.3) is 0 Å². The van der Waals surface area contributed by atoms with Crippen molar-refractivity contribution in [2.24, 2.45) is 11.5 Å². The Morgan fingerprint density at radius 2 is 1.87 bits per heavy atom. The van der Waals surface area contributed by atoms with Crippen molar-refractivity contribution >= 4 is 12.4 Å². The molecule has 0 saturated carbocycles. The van der Waals surface area contributed by atoms with Gasteiger partial charge in [0, 0.05) is 11.6 Å². The van der Waals surface area contributed by atoms with Crippen LogP contribution < -0.4 is 11.5 Å². The number of rotatable bonds is 5. The van der Waals surface area contributed by atoms with Crippen molar-refractivity contribution in [3.63, 3.8) is 0 Å². The lowest BCUT2D eigenvalue weighted by atomic mass is 10.0. The smallest absolute Gasteiger partial charge is 0.127 e. The van der Waals surface area contributed by atoms with Gasteiger partial charge in [-0.15, -0.1) is 12.4 Å². The summed E-state index contributed by atoms with van der Waals surface area (Å²) < 4.78 is 13.2. The SMILES string of the molecule is Cl.NCCCC[C@@H](N)c1ccccc1F. The van der Waals surface area contributed by atoms with Crippen LogP contribution >= 0.6 is 12.4 Å². The van der Waals surface area contributed by atoms with Crippen LogP contribution in [0.5, 0.6) is 0 Å². The van der Waals surface area contributed by atoms with E-state index in [-0.39, 0.29) is 24.3 Å². The molecule has 0 aliphatic heterocycles. The number of hydrogen-bond acceptors (Lipinski definition) is 2. The fourth-order valence-electron chi connectivity index (χ4n) is 1.44. The molecule has 0 radical (unpaired) electrons. The first-order valence-corrected chi connectivity index (χ1v) is 4.95. The Balaban J connectivity index is 0.00000196. The Bertz CT molecular complexity index is 281. The largest absolute Gasteiger partial charge is 0.330 e. The minimum Gasteiger partial charge on any atom is -0.330 e. The molecular formula is C11H18ClFN2. The van der Waals surface area contributed by atoms with E-state index in [1.54, 1.807) is 18.2 Å². The number of benzene rings is 1. The molecule has 1 rings (SSSR count). The van der Waals surface area contributed by atoms with Crippen molar-refractivity contribution in [2.75, 3.05) is 6.54 Å². The lowest BCUT2D eigenvalue weighted by molar-refractivity contribution is 0.543. The van der Waals surface area contributed by atoms with E-state index in [2.05, 4.69) is 0 Å². The molecule has 86 valence electrons. The fourth-order valence-corrected chi connectivity index (χ4v) is 1.44. The van der Waals surface area contributed by atoms with Gasteiger partial charge in [0.2, 0.25) is 0 Å². The third kappa shape index (κ3) is 4.60. The molecule has 0 aliphatic rings. The predicted molar refractivity (Wildman–Crippen MR) is 63.5 cm³/mol. The molecule has 1 aromatic carbocycles. The maximum absolute atomic E-state index is 13.2. The normalized spacial score (nSPS) is 11.9. The van der Waals surface area contributed by atoms with Crippen molar-refractivity contribution in [3.05, 3.63) is 35.6 Å². The van der Waals surface area contributed by atoms with E-state index < -0.39 is 0 Å². The fraction of sp³-hybridized carbons (Fsp3) is 0.455. The summed E-state index contributed by atoms with van der Waals surface area (Å²) in [4.78, 5) is 0. The first-order valence-electron chi connectivity index (χ1n) is 4.95. The standard InChI is InChI=1S/C11H17FN2.ClH/c12-10-6-2-1-5-9(10)11(14)7-3-4-8-13;/h1-2,5-6,11H,3-4,7-8,13-14H2;1H/t11-;/m1./s1. The van der Waals surface area contributed by atoms with Gasteiger partial charge < -0.3 is 11.5 Å². The highest BCUT2D eigenvalue weighted by atomic mass is 35.5. The van der Waals surface area contributed by atoms with Gasteiger partial charge in [-0.2, -0.15) is 0 Å². The molecule has 4 heteroatoms. The van der Waals surface area contributed by atoms with E-state index in [4.69, 9.17) is 11.5 Å². The maximum atomic E-state index is 13.2. The summed E-state index contributed by atoms with van der Waals surface area (Å²) in [6, 6.07) is 6.45. The van der Waals surface area contributed by atoms with Crippen LogP contribution in [-0.4, -0.2) is 6.54 Å². The second kappa shape index (κ2) is 7.63. The van der Waals surface area contributed by atoms with Gasteiger partial charge in [-0.3, -0.25) is 0 Å². The molecule has 2 nitrogen and oxygen atoms in total. The average Bonchev–Trinajstić information content (AvgIpc) is 2.18. The van der Waals surface area contributed by atoms with Gasteiger partial charge in [-0.25, -0.2) is 4.39 Å². The van der Waals surface area contributed by atoms with Crippen LogP contribution in [0.15, 0.2) is 24.3 Å². The van der Waals surface area contributed by atoms with E-state index in [1.165, 1.54) is 6.07 Å². The first-order chi connectivity index (χ1) is 6.75. The second-order valence-electron chi connectivity index (χ2n) is 3.41. The minimum absolute atomic E-state index is 0. The summed E-state index contributed by atoms with van der Waals surface area (Å²) in [5.41, 5.74) is 11.8. The topological polar surface area (TPSA) is 52.0 Å². The highest BCUT2D eigenvalue weighted by Gasteiger charge is 2.09. The number of halogens is 2. The minimum atomic E-state index is -0.215. The lowest BCUT2D eigenvalue weighted by Crippen LogP contribution is -2.12. The predicted octanol–water partition coefficient (Wildman–Crippen LogP) is 2.38. The van der Waals surface area contributed by atoms with E-state index in [0.717, 1.165) is 19.3 Å². The number of hydrogen-bond donors (Lipinski definition) is 2. The van der Waals surface area contributed by atoms with Crippen molar-refractivity contribution in [3.8, 4) is 0 Å². The Morgan fingerprint density at radius 1 is 1.20 bits per heavy atom. The van der Waals surface area contributed by atoms with Crippen LogP contribution in [0, 0.1) is 5.82 Å². The summed E-state index contributed by atoms with van der Waals surface area (Å²) in [5.74, 6) is -0.215. The molecule has 0 heterocycles. The molecule has 4 N–H and O–H groups in total. The van der Waals surface area contributed by atoms with Gasteiger partial charge >= 0.3 is 0 Å². The molecule has 1 atom stereocenters. The highest BCUT2D eigenvalue weighted by Crippen LogP contribution is 2.19. The van der Waals surface area contributed by atoms with Gasteiger partial charge in [-0.1, -0.05) is 24.6 Å². The van der Waals surface area contributed by atoms with Crippen molar-refractivity contribution in [1.82, 2.24) is 0 Å². The zero-order valence-electron chi connectivity index (χ0n) is 8.66. The zero-order valence-corrected chi connectivity index (χ0v) is 9.47. The second-order valence-corrected chi connectivity index (χ2v) is 3.41. The number of unbranched alkanes of at least 4 members (excludes halogenated alkanes) is 1. The van der Waals surface area contributed by atoms with E-state index in [1.807, 2.05) is 0 Å². The molecule has 0 amide bonds. The summed E-state index contributed by atoms with van der Waals surface area (Å²) >= 11 is 0. The number of nitrogens with two attached hydrogens (primary N) is 2. The van der Waals surface area contributed by atoms with Gasteiger partial charge in [0.15, 0.2) is 0 Å². The molecule has 0 saturated heterocycles. The Morgan fingerprint density at radius 3 is 2.47 bits per heavy atom. The molecule has 0 bridgehead atoms. The van der Waals surface area contributed by atoms with Crippen molar-refractivity contribution in [1.29, 1.82) is 0 Å². The quantitative estimate of drug-likeness (QED) is 0.766. The van der Waals surface area contributed by atoms with Crippen LogP contribution in [0.1, 0.15) is 30.9 Å². The maximum Gasteiger partial charge on any atom is 0.127 e. The third-order valence-corrected chi connectivity index (χ3v) is 2.27. The van der Waals surface area contributed by atoms with Crippen LogP contribution in [0.3, 0.4) is 0 Å². The summed E-state index contributed by atoms with van der Waals surface area (Å²) in [6.07, 6.45) is 2.69. The summed E-state index contributed by atoms with van der Waals surface area (Å²) in [5, 5.41) is 0. The lowest BCUT2D eigenvalue weighted by Gasteiger charge is -2.12. The van der Waals surface area contributed by atoms with E-state index in [0.29, 0.717) is 12.1 Å². The van der Waals surface area contributed by atoms with Crippen molar-refractivity contribution in [2.45, 2.75) is 25.3 Å². The van der Waals surface area contributed by atoms with Gasteiger partial charge in [0.05, 0.1) is 0 Å². The molecule has 0 spiro atoms. The molecule has 0 unspecified atom stereocenters. The molecular weight excluding hydrogens is 215 g/mol. The summed E-state index contributed by atoms with van der Waals surface area (Å²) in [7, 11) is 0. The van der Waals surface area contributed by atoms with Gasteiger partial charge in [-0.05, 0) is 25.5 Å². The van der Waals surface area contributed by atoms with E-state index >= 15 is 0 Å². The molecule has 15 heavy (non-hydrogen) atoms. The average molecular weight is 233 g/mol. The third-order valence-electron chi connectivity index (χ3n) is 2.27. The Kier molecular flexibility index (Phi) is 7.30. The molecule has 0 aromatic heterocycles. The summed E-state index contributed by atoms with van der Waals surface area (Å²) in [6.45, 7) is 0.671. The Labute approximate surface area is 96.3 Å². The Hall–Kier alpha value is -0.640. The van der Waals surface area contributed by atoms with Crippen LogP contribution in [0.2, 0.25) is 0 Å².